The molecule has 1 heteroatoms. The van der Waals surface area contributed by atoms with Crippen molar-refractivity contribution >= 4 is 0 Å². The maximum atomic E-state index is 6.47. The van der Waals surface area contributed by atoms with Crippen LogP contribution in [0.15, 0.2) is 146 Å². The molecule has 6 aromatic rings. The van der Waals surface area contributed by atoms with E-state index in [1.54, 1.807) is 0 Å². The first-order chi connectivity index (χ1) is 20.1. The quantitative estimate of drug-likeness (QED) is 0.223. The highest BCUT2D eigenvalue weighted by molar-refractivity contribution is 5.89. The average Bonchev–Trinajstić information content (AvgIpc) is 3.32. The van der Waals surface area contributed by atoms with Gasteiger partial charge in [-0.15, -0.1) is 0 Å². The van der Waals surface area contributed by atoms with Crippen molar-refractivity contribution in [2.45, 2.75) is 24.7 Å². The molecule has 0 aromatic heterocycles. The van der Waals surface area contributed by atoms with Gasteiger partial charge in [-0.1, -0.05) is 141 Å². The molecule has 0 amide bonds. The molecule has 41 heavy (non-hydrogen) atoms. The molecule has 8 rings (SSSR count). The molecule has 0 unspecified atom stereocenters. The first kappa shape index (κ1) is 24.0. The number of hydrogen-bond acceptors (Lipinski definition) is 1. The third kappa shape index (κ3) is 3.30. The molecule has 1 nitrogen and oxygen atoms in total. The van der Waals surface area contributed by atoms with Crippen LogP contribution in [0.2, 0.25) is 0 Å². The average molecular weight is 527 g/mol. The fraction of sp³-hybridized carbons (Fsp3) is 0.100. The number of para-hydroxylation sites is 1. The van der Waals surface area contributed by atoms with E-state index in [0.717, 1.165) is 11.5 Å². The van der Waals surface area contributed by atoms with Gasteiger partial charge in [-0.2, -0.15) is 0 Å². The van der Waals surface area contributed by atoms with E-state index in [1.807, 2.05) is 6.07 Å². The third-order valence-corrected chi connectivity index (χ3v) is 9.20. The molecule has 0 spiro atoms. The zero-order valence-electron chi connectivity index (χ0n) is 23.3. The fourth-order valence-electron chi connectivity index (χ4n) is 7.44. The zero-order chi connectivity index (χ0) is 27.6. The van der Waals surface area contributed by atoms with Gasteiger partial charge in [0.15, 0.2) is 0 Å². The van der Waals surface area contributed by atoms with Crippen LogP contribution in [0.3, 0.4) is 0 Å². The zero-order valence-corrected chi connectivity index (χ0v) is 23.3. The van der Waals surface area contributed by atoms with Crippen LogP contribution >= 0.6 is 0 Å². The summed E-state index contributed by atoms with van der Waals surface area (Å²) >= 11 is 0. The second kappa shape index (κ2) is 8.81. The van der Waals surface area contributed by atoms with E-state index < -0.39 is 0 Å². The van der Waals surface area contributed by atoms with Gasteiger partial charge in [0.2, 0.25) is 0 Å². The van der Waals surface area contributed by atoms with E-state index in [1.165, 1.54) is 55.6 Å². The van der Waals surface area contributed by atoms with Crippen molar-refractivity contribution in [3.63, 3.8) is 0 Å². The Morgan fingerprint density at radius 3 is 1.73 bits per heavy atom. The van der Waals surface area contributed by atoms with E-state index in [0.29, 0.717) is 0 Å². The molecule has 1 aliphatic carbocycles. The molecule has 0 N–H and O–H groups in total. The molecule has 1 heterocycles. The normalized spacial score (nSPS) is 15.2. The van der Waals surface area contributed by atoms with Crippen LogP contribution in [0.4, 0.5) is 0 Å². The molecule has 0 radical (unpaired) electrons. The van der Waals surface area contributed by atoms with Crippen LogP contribution in [0.5, 0.6) is 11.5 Å². The Morgan fingerprint density at radius 1 is 0.439 bits per heavy atom. The van der Waals surface area contributed by atoms with Crippen molar-refractivity contribution < 1.29 is 4.74 Å². The van der Waals surface area contributed by atoms with Crippen LogP contribution in [0.1, 0.15) is 47.2 Å². The van der Waals surface area contributed by atoms with Crippen LogP contribution in [0, 0.1) is 0 Å². The lowest BCUT2D eigenvalue weighted by Gasteiger charge is -2.36. The maximum Gasteiger partial charge on any atom is 0.132 e. The summed E-state index contributed by atoms with van der Waals surface area (Å²) < 4.78 is 6.47. The first-order valence-electron chi connectivity index (χ1n) is 14.4. The second-order valence-electron chi connectivity index (χ2n) is 11.7. The highest BCUT2D eigenvalue weighted by Crippen LogP contribution is 2.57. The van der Waals surface area contributed by atoms with Crippen LogP contribution in [0.25, 0.3) is 22.3 Å². The smallest absolute Gasteiger partial charge is 0.132 e. The molecule has 0 saturated heterocycles. The molecule has 196 valence electrons. The van der Waals surface area contributed by atoms with Crippen LogP contribution in [-0.4, -0.2) is 0 Å². The predicted molar refractivity (Wildman–Crippen MR) is 168 cm³/mol. The highest BCUT2D eigenvalue weighted by Gasteiger charge is 2.46. The molecule has 6 aromatic carbocycles. The topological polar surface area (TPSA) is 9.23 Å². The SMILES string of the molecule is CC1(C)c2ccccc2Oc2cccc(-c3ccc4c(c3)-c3ccccc3C4(c3ccccc3)c3ccccc3)c21. The Balaban J connectivity index is 1.39. The summed E-state index contributed by atoms with van der Waals surface area (Å²) in [6, 6.07) is 52.9. The maximum absolute atomic E-state index is 6.47. The minimum absolute atomic E-state index is 0.199. The lowest BCUT2D eigenvalue weighted by atomic mass is 9.67. The molecule has 0 atom stereocenters. The molecule has 2 aliphatic rings. The largest absolute Gasteiger partial charge is 0.457 e. The summed E-state index contributed by atoms with van der Waals surface area (Å²) in [5.41, 5.74) is 12.1. The minimum atomic E-state index is -0.385. The summed E-state index contributed by atoms with van der Waals surface area (Å²) in [6.45, 7) is 4.63. The van der Waals surface area contributed by atoms with E-state index in [9.17, 15) is 0 Å². The van der Waals surface area contributed by atoms with Crippen molar-refractivity contribution in [2.24, 2.45) is 0 Å². The summed E-state index contributed by atoms with van der Waals surface area (Å²) in [6.07, 6.45) is 0. The van der Waals surface area contributed by atoms with E-state index in [2.05, 4.69) is 153 Å². The van der Waals surface area contributed by atoms with Gasteiger partial charge in [-0.25, -0.2) is 0 Å². The Morgan fingerprint density at radius 2 is 1.00 bits per heavy atom. The molecular weight excluding hydrogens is 496 g/mol. The molecule has 0 saturated carbocycles. The standard InChI is InChI=1S/C40H30O/c1-39(2)35-21-11-12-22-36(35)41-37-23-13-19-30(38(37)39)27-24-25-34-32(26-27)31-18-9-10-20-33(31)40(34,28-14-5-3-6-15-28)29-16-7-4-8-17-29/h3-26H,1-2H3. The number of fused-ring (bicyclic) bond motifs is 5. The van der Waals surface area contributed by atoms with Crippen molar-refractivity contribution in [1.29, 1.82) is 0 Å². The molecular formula is C40H30O. The van der Waals surface area contributed by atoms with Gasteiger partial charge < -0.3 is 4.74 Å². The van der Waals surface area contributed by atoms with Crippen LogP contribution in [-0.2, 0) is 10.8 Å². The Labute approximate surface area is 241 Å². The number of ether oxygens (including phenoxy) is 1. The summed E-state index contributed by atoms with van der Waals surface area (Å²) in [4.78, 5) is 0. The first-order valence-corrected chi connectivity index (χ1v) is 14.4. The van der Waals surface area contributed by atoms with Crippen molar-refractivity contribution in [3.05, 3.63) is 179 Å². The van der Waals surface area contributed by atoms with Gasteiger partial charge in [-0.05, 0) is 62.7 Å². The monoisotopic (exact) mass is 526 g/mol. The predicted octanol–water partition coefficient (Wildman–Crippen LogP) is 10.1. The fourth-order valence-corrected chi connectivity index (χ4v) is 7.44. The Bertz CT molecular complexity index is 1890. The van der Waals surface area contributed by atoms with Gasteiger partial charge in [0.25, 0.3) is 0 Å². The molecule has 0 bridgehead atoms. The summed E-state index contributed by atoms with van der Waals surface area (Å²) in [7, 11) is 0. The number of hydrogen-bond donors (Lipinski definition) is 0. The van der Waals surface area contributed by atoms with E-state index >= 15 is 0 Å². The molecule has 1 aliphatic heterocycles. The molecule has 0 fully saturated rings. The summed E-state index contributed by atoms with van der Waals surface area (Å²) in [5.74, 6) is 1.88. The van der Waals surface area contributed by atoms with E-state index in [-0.39, 0.29) is 10.8 Å². The van der Waals surface area contributed by atoms with E-state index in [4.69, 9.17) is 4.74 Å². The van der Waals surface area contributed by atoms with Crippen molar-refractivity contribution in [3.8, 4) is 33.8 Å². The summed E-state index contributed by atoms with van der Waals surface area (Å²) in [5, 5.41) is 0. The third-order valence-electron chi connectivity index (χ3n) is 9.20. The minimum Gasteiger partial charge on any atom is -0.457 e. The number of benzene rings is 6. The Hall–Kier alpha value is -4.88. The number of rotatable bonds is 3. The lowest BCUT2D eigenvalue weighted by Crippen LogP contribution is -2.28. The van der Waals surface area contributed by atoms with Gasteiger partial charge in [0.05, 0.1) is 5.41 Å². The van der Waals surface area contributed by atoms with Gasteiger partial charge in [0, 0.05) is 16.5 Å². The Kier molecular flexibility index (Phi) is 5.15. The van der Waals surface area contributed by atoms with Gasteiger partial charge in [0.1, 0.15) is 11.5 Å². The van der Waals surface area contributed by atoms with Gasteiger partial charge >= 0.3 is 0 Å². The highest BCUT2D eigenvalue weighted by atomic mass is 16.5. The lowest BCUT2D eigenvalue weighted by molar-refractivity contribution is 0.419. The second-order valence-corrected chi connectivity index (χ2v) is 11.7. The van der Waals surface area contributed by atoms with Crippen molar-refractivity contribution in [1.82, 2.24) is 0 Å². The van der Waals surface area contributed by atoms with Crippen LogP contribution < -0.4 is 4.74 Å². The van der Waals surface area contributed by atoms with Gasteiger partial charge in [-0.3, -0.25) is 0 Å². The van der Waals surface area contributed by atoms with Crippen molar-refractivity contribution in [2.75, 3.05) is 0 Å².